The maximum atomic E-state index is 12.1. The minimum Gasteiger partial charge on any atom is -0.793 e. The topological polar surface area (TPSA) is 107 Å². The Morgan fingerprint density at radius 3 is 1.36 bits per heavy atom. The first-order valence-corrected chi connectivity index (χ1v) is 28.3. The van der Waals surface area contributed by atoms with Crippen molar-refractivity contribution >= 4 is 58.3 Å². The molecule has 0 bridgehead atoms. The number of hydrogen-bond acceptors (Lipinski definition) is 12. The molecule has 1 fully saturated rings. The number of rotatable bonds is 12. The smallest absolute Gasteiger partial charge is 0.793 e. The van der Waals surface area contributed by atoms with Gasteiger partial charge >= 0.3 is 17.1 Å². The second-order valence-corrected chi connectivity index (χ2v) is 27.8. The number of hydrogen-bond donors (Lipinski definition) is 4. The molecule has 15 heteroatoms. The molecule has 1 aliphatic rings. The van der Waals surface area contributed by atoms with Crippen molar-refractivity contribution in [1.29, 1.82) is 0 Å². The fourth-order valence-corrected chi connectivity index (χ4v) is 11.9. The van der Waals surface area contributed by atoms with Crippen LogP contribution in [-0.2, 0) is 79.5 Å². The molecule has 329 valence electrons. The van der Waals surface area contributed by atoms with Gasteiger partial charge in [-0.1, -0.05) is 145 Å². The largest absolute Gasteiger partial charge is 2.00 e. The summed E-state index contributed by atoms with van der Waals surface area (Å²) in [6.07, 6.45) is 2.29. The Kier molecular flexibility index (Phi) is 26.3. The van der Waals surface area contributed by atoms with Gasteiger partial charge in [-0.3, -0.25) is 0 Å². The molecule has 4 atom stereocenters. The van der Waals surface area contributed by atoms with Crippen LogP contribution in [0.1, 0.15) is 76.6 Å². The molecule has 1 saturated heterocycles. The van der Waals surface area contributed by atoms with Crippen molar-refractivity contribution in [3.05, 3.63) is 144 Å². The van der Waals surface area contributed by atoms with Crippen LogP contribution in [0.2, 0.25) is 0 Å². The van der Waals surface area contributed by atoms with E-state index in [4.69, 9.17) is 33.1 Å². The van der Waals surface area contributed by atoms with Crippen molar-refractivity contribution in [2.45, 2.75) is 102 Å². The Hall–Kier alpha value is -0.951. The Morgan fingerprint density at radius 1 is 0.627 bits per heavy atom. The van der Waals surface area contributed by atoms with E-state index in [1.54, 1.807) is 0 Å². The zero-order valence-corrected chi connectivity index (χ0v) is 41.2. The van der Waals surface area contributed by atoms with E-state index in [0.29, 0.717) is 36.8 Å². The summed E-state index contributed by atoms with van der Waals surface area (Å²) in [5.74, 6) is -1.81. The number of nitrogens with one attached hydrogen (secondary N) is 4. The molecular weight excluding hydrogens is 902 g/mol. The van der Waals surface area contributed by atoms with Crippen LogP contribution >= 0.6 is 34.2 Å². The molecule has 0 saturated carbocycles. The van der Waals surface area contributed by atoms with Crippen LogP contribution in [0.4, 0.5) is 0 Å². The molecule has 1 aliphatic heterocycles. The average molecular weight is 967 g/mol. The monoisotopic (exact) mass is 965 g/mol. The summed E-state index contributed by atoms with van der Waals surface area (Å²) < 4.78 is 22.9. The molecule has 1 radical (unpaired) electrons. The van der Waals surface area contributed by atoms with Gasteiger partial charge in [-0.2, -0.15) is 0 Å². The van der Waals surface area contributed by atoms with Gasteiger partial charge in [-0.25, -0.2) is 0 Å². The van der Waals surface area contributed by atoms with Gasteiger partial charge in [0.1, 0.15) is 5.77 Å². The third-order valence-electron chi connectivity index (χ3n) is 9.00. The van der Waals surface area contributed by atoms with Crippen LogP contribution < -0.4 is 26.2 Å². The summed E-state index contributed by atoms with van der Waals surface area (Å²) in [6, 6.07) is 40.0. The van der Waals surface area contributed by atoms with E-state index in [0.717, 1.165) is 61.3 Å². The van der Waals surface area contributed by atoms with Gasteiger partial charge in [0.2, 0.25) is 0 Å². The van der Waals surface area contributed by atoms with E-state index in [2.05, 4.69) is 62.8 Å². The van der Waals surface area contributed by atoms with Gasteiger partial charge < -0.3 is 52.0 Å². The molecule has 0 amide bonds. The minimum atomic E-state index is -3.02. The second kappa shape index (κ2) is 28.7. The summed E-state index contributed by atoms with van der Waals surface area (Å²) in [7, 11) is 0. The first kappa shape index (κ1) is 54.2. The summed E-state index contributed by atoms with van der Waals surface area (Å²) in [4.78, 5) is 12.1. The molecule has 4 N–H and O–H groups in total. The van der Waals surface area contributed by atoms with E-state index in [1.807, 2.05) is 121 Å². The predicted octanol–water partition coefficient (Wildman–Crippen LogP) is 9.98. The van der Waals surface area contributed by atoms with Crippen LogP contribution in [0.25, 0.3) is 0 Å². The van der Waals surface area contributed by atoms with Gasteiger partial charge in [0.15, 0.2) is 0 Å². The first-order valence-electron chi connectivity index (χ1n) is 19.8. The van der Waals surface area contributed by atoms with Crippen molar-refractivity contribution in [3.8, 4) is 0 Å². The standard InChI is InChI=1S/C16H36N4.2C14H15O2PS2.Cu/c1-13-11-15(3,4)19-10-8-18-14(2)12-16(5,6)20-9-7-17-13;2*15-17(18,16-11-13-7-3-1-4-8-13)19-12-14-9-5-2-6-10-14;/h13-14,17-20H,7-12H2,1-6H3;2*1-10H,11-12H2,(H,15,18);/q;;;+2/p-2/t13-,14+;;;. The molecule has 4 aromatic rings. The zero-order chi connectivity index (χ0) is 42.3. The molecule has 5 rings (SSSR count). The van der Waals surface area contributed by atoms with Crippen molar-refractivity contribution in [2.75, 3.05) is 26.2 Å². The summed E-state index contributed by atoms with van der Waals surface area (Å²) >= 11 is 12.5. The summed E-state index contributed by atoms with van der Waals surface area (Å²) in [5, 5.41) is 14.6. The molecule has 4 aromatic carbocycles. The molecule has 0 aromatic heterocycles. The van der Waals surface area contributed by atoms with E-state index in [1.165, 1.54) is 22.8 Å². The van der Waals surface area contributed by atoms with Gasteiger partial charge in [-0.05, 0) is 76.6 Å². The van der Waals surface area contributed by atoms with Gasteiger partial charge in [0.05, 0.1) is 13.2 Å². The Labute approximate surface area is 384 Å². The van der Waals surface area contributed by atoms with Crippen LogP contribution in [0.3, 0.4) is 0 Å². The number of benzene rings is 4. The maximum absolute atomic E-state index is 12.1. The fourth-order valence-electron chi connectivity index (χ4n) is 6.24. The van der Waals surface area contributed by atoms with Crippen LogP contribution in [0.5, 0.6) is 0 Å². The fraction of sp³-hybridized carbons (Fsp3) is 0.455. The van der Waals surface area contributed by atoms with E-state index in [-0.39, 0.29) is 28.1 Å². The van der Waals surface area contributed by atoms with Crippen molar-refractivity contribution < 1.29 is 35.6 Å². The SMILES string of the molecule is C[C@@H]1CC(C)(C)NCCN[C@@H](C)CC(C)(C)NCCN1.O=P([S-])(OCc1ccccc1)SCc1ccccc1.[Cu+2].[O-]P(=S)(OCc1ccccc1)SCc1ccccc1. The molecule has 0 spiro atoms. The average Bonchev–Trinajstić information content (AvgIpc) is 3.20. The van der Waals surface area contributed by atoms with Gasteiger partial charge in [-0.15, -0.1) is 11.4 Å². The van der Waals surface area contributed by atoms with Crippen molar-refractivity contribution in [3.63, 3.8) is 0 Å². The Balaban J connectivity index is 0.000000303. The van der Waals surface area contributed by atoms with Crippen LogP contribution in [0.15, 0.2) is 121 Å². The zero-order valence-electron chi connectivity index (χ0n) is 35.2. The van der Waals surface area contributed by atoms with Gasteiger partial charge in [0, 0.05) is 66.5 Å². The van der Waals surface area contributed by atoms with Crippen molar-refractivity contribution in [1.82, 2.24) is 21.3 Å². The molecule has 2 unspecified atom stereocenters. The molecule has 0 aliphatic carbocycles. The summed E-state index contributed by atoms with van der Waals surface area (Å²) in [6.45, 7) is 18.4. The molecular formula is C44H64CuN4O4P2S4. The predicted molar refractivity (Wildman–Crippen MR) is 256 cm³/mol. The Morgan fingerprint density at radius 2 is 0.966 bits per heavy atom. The first-order chi connectivity index (χ1) is 27.5. The molecule has 8 nitrogen and oxygen atoms in total. The third-order valence-corrected chi connectivity index (χ3v) is 17.3. The third kappa shape index (κ3) is 26.3. The van der Waals surface area contributed by atoms with E-state index >= 15 is 0 Å². The Bertz CT molecular complexity index is 1560. The second-order valence-electron chi connectivity index (χ2n) is 15.7. The quantitative estimate of drug-likeness (QED) is 0.0617. The maximum Gasteiger partial charge on any atom is 2.00 e. The van der Waals surface area contributed by atoms with Crippen molar-refractivity contribution in [2.24, 2.45) is 0 Å². The van der Waals surface area contributed by atoms with E-state index < -0.39 is 11.5 Å². The van der Waals surface area contributed by atoms with Crippen LogP contribution in [0, 0.1) is 0 Å². The van der Waals surface area contributed by atoms with Gasteiger partial charge in [0.25, 0.3) is 0 Å². The summed E-state index contributed by atoms with van der Waals surface area (Å²) in [5.41, 5.74) is 1.51. The molecule has 59 heavy (non-hydrogen) atoms. The molecule has 1 heterocycles. The van der Waals surface area contributed by atoms with E-state index in [9.17, 15) is 9.46 Å². The van der Waals surface area contributed by atoms with Crippen LogP contribution in [-0.4, -0.2) is 49.3 Å². The minimum absolute atomic E-state index is 0. The normalized spacial score (nSPS) is 20.3.